The molecule has 0 saturated heterocycles. The number of hydrogen-bond donors (Lipinski definition) is 1. The van der Waals surface area contributed by atoms with E-state index in [2.05, 4.69) is 60.1 Å². The maximum absolute atomic E-state index is 11.4. The van der Waals surface area contributed by atoms with Gasteiger partial charge in [0.05, 0.1) is 6.10 Å². The first-order valence-electron chi connectivity index (χ1n) is 11.6. The van der Waals surface area contributed by atoms with Gasteiger partial charge in [-0.25, -0.2) is 0 Å². The van der Waals surface area contributed by atoms with Crippen molar-refractivity contribution in [3.8, 4) is 0 Å². The number of halogens is 1. The normalized spacial score (nSPS) is 46.7. The molecule has 0 radical (unpaired) electrons. The summed E-state index contributed by atoms with van der Waals surface area (Å²) >= 11 is 3.59. The van der Waals surface area contributed by atoms with Crippen LogP contribution >= 0.6 is 15.9 Å². The third-order valence-electron chi connectivity index (χ3n) is 9.65. The van der Waals surface area contributed by atoms with Crippen molar-refractivity contribution >= 4 is 22.0 Å². The quantitative estimate of drug-likeness (QED) is 0.485. The van der Waals surface area contributed by atoms with E-state index in [1.807, 2.05) is 0 Å². The Bertz CT molecular complexity index is 784. The molecule has 152 valence electrons. The molecule has 4 aliphatic rings. The third-order valence-corrected chi connectivity index (χ3v) is 10.1. The zero-order valence-corrected chi connectivity index (χ0v) is 19.0. The molecule has 1 nitrogen and oxygen atoms in total. The highest BCUT2D eigenvalue weighted by atomic mass is 79.9. The molecule has 0 heterocycles. The van der Waals surface area contributed by atoms with Crippen molar-refractivity contribution in [2.45, 2.75) is 77.7 Å². The summed E-state index contributed by atoms with van der Waals surface area (Å²) in [7, 11) is 0. The van der Waals surface area contributed by atoms with E-state index < -0.39 is 0 Å². The highest BCUT2D eigenvalue weighted by molar-refractivity contribution is 9.10. The van der Waals surface area contributed by atoms with Crippen molar-refractivity contribution in [1.82, 2.24) is 0 Å². The minimum atomic E-state index is -0.269. The van der Waals surface area contributed by atoms with E-state index in [4.69, 9.17) is 0 Å². The lowest BCUT2D eigenvalue weighted by atomic mass is 9.45. The smallest absolute Gasteiger partial charge is 0.0809 e. The van der Waals surface area contributed by atoms with Crippen molar-refractivity contribution in [3.63, 3.8) is 0 Å². The van der Waals surface area contributed by atoms with Gasteiger partial charge in [0.25, 0.3) is 0 Å². The number of rotatable bonds is 1. The number of aliphatic hydroxyl groups is 1. The molecule has 0 bridgehead atoms. The van der Waals surface area contributed by atoms with E-state index in [9.17, 15) is 5.11 Å². The van der Waals surface area contributed by atoms with Gasteiger partial charge < -0.3 is 5.11 Å². The molecule has 0 aliphatic heterocycles. The fourth-order valence-electron chi connectivity index (χ4n) is 8.10. The molecular weight excluding hydrogens is 408 g/mol. The molecule has 1 N–H and O–H groups in total. The Kier molecular flexibility index (Phi) is 4.83. The maximum Gasteiger partial charge on any atom is 0.0809 e. The van der Waals surface area contributed by atoms with Crippen molar-refractivity contribution < 1.29 is 5.11 Å². The zero-order valence-electron chi connectivity index (χ0n) is 17.5. The van der Waals surface area contributed by atoms with Gasteiger partial charge in [-0.1, -0.05) is 60.8 Å². The average Bonchev–Trinajstić information content (AvgIpc) is 2.92. The van der Waals surface area contributed by atoms with Crippen LogP contribution in [0.2, 0.25) is 0 Å². The predicted molar refractivity (Wildman–Crippen MR) is 120 cm³/mol. The summed E-state index contributed by atoms with van der Waals surface area (Å²) in [4.78, 5) is 0. The van der Waals surface area contributed by atoms with E-state index >= 15 is 0 Å². The molecule has 5 rings (SSSR count). The lowest BCUT2D eigenvalue weighted by Crippen LogP contribution is -2.53. The summed E-state index contributed by atoms with van der Waals surface area (Å²) in [5.74, 6) is 3.34. The summed E-state index contributed by atoms with van der Waals surface area (Å²) in [6, 6.07) is 8.49. The van der Waals surface area contributed by atoms with Crippen LogP contribution in [-0.4, -0.2) is 11.2 Å². The van der Waals surface area contributed by atoms with Gasteiger partial charge in [-0.3, -0.25) is 0 Å². The van der Waals surface area contributed by atoms with Crippen LogP contribution in [0.15, 0.2) is 34.3 Å². The Morgan fingerprint density at radius 3 is 2.68 bits per heavy atom. The zero-order chi connectivity index (χ0) is 19.5. The first-order valence-corrected chi connectivity index (χ1v) is 12.4. The molecule has 0 unspecified atom stereocenters. The van der Waals surface area contributed by atoms with Gasteiger partial charge in [-0.05, 0) is 97.3 Å². The first-order chi connectivity index (χ1) is 13.4. The van der Waals surface area contributed by atoms with E-state index in [0.717, 1.165) is 28.6 Å². The average molecular weight is 443 g/mol. The van der Waals surface area contributed by atoms with Crippen LogP contribution in [-0.2, 0) is 0 Å². The summed E-state index contributed by atoms with van der Waals surface area (Å²) in [5, 5.41) is 11.4. The molecule has 0 amide bonds. The van der Waals surface area contributed by atoms with Gasteiger partial charge in [0.2, 0.25) is 0 Å². The Hall–Kier alpha value is -0.600. The van der Waals surface area contributed by atoms with Crippen LogP contribution in [0.4, 0.5) is 0 Å². The van der Waals surface area contributed by atoms with Gasteiger partial charge in [0.15, 0.2) is 0 Å². The molecule has 0 aromatic heterocycles. The number of hydrogen-bond acceptors (Lipinski definition) is 1. The van der Waals surface area contributed by atoms with E-state index in [1.54, 1.807) is 0 Å². The summed E-state index contributed by atoms with van der Waals surface area (Å²) in [6.45, 7) is 5.04. The molecule has 2 heteroatoms. The van der Waals surface area contributed by atoms with Crippen LogP contribution in [0.3, 0.4) is 0 Å². The minimum Gasteiger partial charge on any atom is -0.388 e. The highest BCUT2D eigenvalue weighted by Gasteiger charge is 2.60. The Morgan fingerprint density at radius 2 is 1.86 bits per heavy atom. The molecule has 4 fully saturated rings. The SMILES string of the molecule is C[C@]12CCCC[C@@H]1CC[C@H]1[C@H]2CC[C@]2(C)[C@H](O)/C(=C/c3cccc(Br)c3)C[C@H]12. The van der Waals surface area contributed by atoms with Crippen molar-refractivity contribution in [2.24, 2.45) is 34.5 Å². The molecule has 28 heavy (non-hydrogen) atoms. The summed E-state index contributed by atoms with van der Waals surface area (Å²) < 4.78 is 1.11. The van der Waals surface area contributed by atoms with Gasteiger partial charge in [-0.2, -0.15) is 0 Å². The van der Waals surface area contributed by atoms with Crippen LogP contribution in [0.5, 0.6) is 0 Å². The van der Waals surface area contributed by atoms with Crippen LogP contribution in [0.1, 0.15) is 77.2 Å². The first kappa shape index (κ1) is 19.4. The van der Waals surface area contributed by atoms with Gasteiger partial charge >= 0.3 is 0 Å². The lowest BCUT2D eigenvalue weighted by molar-refractivity contribution is -0.119. The second kappa shape index (κ2) is 6.98. The second-order valence-electron chi connectivity index (χ2n) is 10.8. The fourth-order valence-corrected chi connectivity index (χ4v) is 8.52. The molecule has 1 aromatic rings. The summed E-state index contributed by atoms with van der Waals surface area (Å²) in [6.07, 6.45) is 14.3. The van der Waals surface area contributed by atoms with Crippen molar-refractivity contribution in [3.05, 3.63) is 39.9 Å². The standard InChI is InChI=1S/C26H35BrO/c1-25-12-4-3-7-19(25)9-10-21-22(25)11-13-26(2)23(21)16-18(24(26)28)14-17-6-5-8-20(27)15-17/h5-6,8,14-15,19,21-24,28H,3-4,7,9-13,16H2,1-2H3/b18-14+/t19-,21+,22-,23-,24-,25+,26+/m1/s1. The van der Waals surface area contributed by atoms with E-state index in [-0.39, 0.29) is 11.5 Å². The Balaban J connectivity index is 1.46. The van der Waals surface area contributed by atoms with Crippen molar-refractivity contribution in [1.29, 1.82) is 0 Å². The minimum absolute atomic E-state index is 0.0802. The number of aliphatic hydroxyl groups excluding tert-OH is 1. The van der Waals surface area contributed by atoms with Gasteiger partial charge in [0, 0.05) is 9.89 Å². The molecule has 1 aromatic carbocycles. The van der Waals surface area contributed by atoms with E-state index in [0.29, 0.717) is 11.3 Å². The third kappa shape index (κ3) is 2.88. The molecule has 4 saturated carbocycles. The largest absolute Gasteiger partial charge is 0.388 e. The Morgan fingerprint density at radius 1 is 1.00 bits per heavy atom. The van der Waals surface area contributed by atoms with Crippen LogP contribution in [0, 0.1) is 34.5 Å². The summed E-state index contributed by atoms with van der Waals surface area (Å²) in [5.41, 5.74) is 3.15. The van der Waals surface area contributed by atoms with Gasteiger partial charge in [-0.15, -0.1) is 0 Å². The van der Waals surface area contributed by atoms with Crippen LogP contribution < -0.4 is 0 Å². The predicted octanol–water partition coefficient (Wildman–Crippen LogP) is 7.24. The molecule has 4 aliphatic carbocycles. The Labute approximate surface area is 179 Å². The second-order valence-corrected chi connectivity index (χ2v) is 11.7. The van der Waals surface area contributed by atoms with E-state index in [1.165, 1.54) is 62.5 Å². The molecule has 0 spiro atoms. The lowest BCUT2D eigenvalue weighted by Gasteiger charge is -2.60. The van der Waals surface area contributed by atoms with Crippen molar-refractivity contribution in [2.75, 3.05) is 0 Å². The molecular formula is C26H35BrO. The number of fused-ring (bicyclic) bond motifs is 5. The maximum atomic E-state index is 11.4. The number of benzene rings is 1. The topological polar surface area (TPSA) is 20.2 Å². The molecule has 7 atom stereocenters. The highest BCUT2D eigenvalue weighted by Crippen LogP contribution is 2.67. The van der Waals surface area contributed by atoms with Gasteiger partial charge in [0.1, 0.15) is 0 Å². The monoisotopic (exact) mass is 442 g/mol. The van der Waals surface area contributed by atoms with Crippen LogP contribution in [0.25, 0.3) is 6.08 Å². The fraction of sp³-hybridized carbons (Fsp3) is 0.692.